The van der Waals surface area contributed by atoms with Gasteiger partial charge < -0.3 is 19.9 Å². The van der Waals surface area contributed by atoms with Crippen molar-refractivity contribution < 1.29 is 24.2 Å². The van der Waals surface area contributed by atoms with Gasteiger partial charge in [-0.15, -0.1) is 0 Å². The van der Waals surface area contributed by atoms with Crippen molar-refractivity contribution >= 4 is 24.5 Å². The predicted molar refractivity (Wildman–Crippen MR) is 119 cm³/mol. The first kappa shape index (κ1) is 25.3. The lowest BCUT2D eigenvalue weighted by molar-refractivity contribution is -0.146. The van der Waals surface area contributed by atoms with Crippen molar-refractivity contribution in [1.82, 2.24) is 10.3 Å². The maximum absolute atomic E-state index is 12.0. The molecule has 1 aromatic carbocycles. The standard InChI is InChI=1S/C18H20N2O5.C4H10S/c1-12(10-13-6-4-3-5-7-13)25-15(21)11-20-18(23)16-17(22)14(24-2)8-9-19-16;1-4(2)3-5/h3-9,12,22H,10-11H2,1-2H3,(H,20,23);4-5H,3H2,1-2H3. The number of aromatic nitrogens is 1. The summed E-state index contributed by atoms with van der Waals surface area (Å²) in [5.74, 6) is 0.231. The maximum Gasteiger partial charge on any atom is 0.325 e. The van der Waals surface area contributed by atoms with Crippen LogP contribution in [-0.2, 0) is 16.0 Å². The fraction of sp³-hybridized carbons (Fsp3) is 0.409. The van der Waals surface area contributed by atoms with Gasteiger partial charge in [-0.1, -0.05) is 44.2 Å². The zero-order valence-electron chi connectivity index (χ0n) is 17.8. The van der Waals surface area contributed by atoms with Gasteiger partial charge in [0.05, 0.1) is 7.11 Å². The Morgan fingerprint density at radius 2 is 1.80 bits per heavy atom. The van der Waals surface area contributed by atoms with Crippen LogP contribution in [0.5, 0.6) is 11.5 Å². The lowest BCUT2D eigenvalue weighted by Crippen LogP contribution is -2.33. The highest BCUT2D eigenvalue weighted by molar-refractivity contribution is 7.80. The van der Waals surface area contributed by atoms with Crippen molar-refractivity contribution in [2.24, 2.45) is 5.92 Å². The molecule has 0 saturated carbocycles. The Balaban J connectivity index is 0.000000804. The number of hydrogen-bond donors (Lipinski definition) is 3. The van der Waals surface area contributed by atoms with E-state index in [-0.39, 0.29) is 29.8 Å². The molecule has 1 aromatic heterocycles. The van der Waals surface area contributed by atoms with Crippen molar-refractivity contribution in [2.75, 3.05) is 19.4 Å². The van der Waals surface area contributed by atoms with E-state index in [0.717, 1.165) is 17.2 Å². The zero-order valence-corrected chi connectivity index (χ0v) is 18.7. The number of esters is 1. The number of carbonyl (C=O) groups is 2. The number of ether oxygens (including phenoxy) is 2. The summed E-state index contributed by atoms with van der Waals surface area (Å²) in [6, 6.07) is 11.1. The van der Waals surface area contributed by atoms with E-state index in [1.54, 1.807) is 6.92 Å². The second-order valence-electron chi connectivity index (χ2n) is 6.96. The quantitative estimate of drug-likeness (QED) is 0.436. The van der Waals surface area contributed by atoms with E-state index in [0.29, 0.717) is 6.42 Å². The number of aromatic hydroxyl groups is 1. The molecule has 30 heavy (non-hydrogen) atoms. The lowest BCUT2D eigenvalue weighted by Gasteiger charge is -2.14. The highest BCUT2D eigenvalue weighted by atomic mass is 32.1. The van der Waals surface area contributed by atoms with Crippen molar-refractivity contribution in [3.8, 4) is 11.5 Å². The molecule has 1 unspecified atom stereocenters. The van der Waals surface area contributed by atoms with Gasteiger partial charge in [-0.25, -0.2) is 4.98 Å². The molecule has 0 aliphatic carbocycles. The summed E-state index contributed by atoms with van der Waals surface area (Å²) in [7, 11) is 1.36. The Kier molecular flexibility index (Phi) is 11.4. The summed E-state index contributed by atoms with van der Waals surface area (Å²) in [5.41, 5.74) is 0.835. The first-order valence-electron chi connectivity index (χ1n) is 9.62. The van der Waals surface area contributed by atoms with E-state index in [1.807, 2.05) is 30.3 Å². The number of nitrogens with one attached hydrogen (secondary N) is 1. The number of amides is 1. The smallest absolute Gasteiger partial charge is 0.325 e. The Morgan fingerprint density at radius 1 is 1.17 bits per heavy atom. The molecule has 0 spiro atoms. The van der Waals surface area contributed by atoms with Crippen molar-refractivity contribution in [3.63, 3.8) is 0 Å². The number of rotatable bonds is 8. The lowest BCUT2D eigenvalue weighted by atomic mass is 10.1. The van der Waals surface area contributed by atoms with Gasteiger partial charge in [-0.2, -0.15) is 12.6 Å². The highest BCUT2D eigenvalue weighted by Gasteiger charge is 2.18. The summed E-state index contributed by atoms with van der Waals surface area (Å²) in [6.45, 7) is 5.75. The predicted octanol–water partition coefficient (Wildman–Crippen LogP) is 3.27. The van der Waals surface area contributed by atoms with Crippen LogP contribution in [0.25, 0.3) is 0 Å². The van der Waals surface area contributed by atoms with Crippen LogP contribution >= 0.6 is 12.6 Å². The minimum absolute atomic E-state index is 0.124. The van der Waals surface area contributed by atoms with Gasteiger partial charge in [0.2, 0.25) is 0 Å². The minimum Gasteiger partial charge on any atom is -0.503 e. The first-order valence-corrected chi connectivity index (χ1v) is 10.3. The second-order valence-corrected chi connectivity index (χ2v) is 7.32. The molecule has 1 amide bonds. The SMILES string of the molecule is CC(C)CS.COc1ccnc(C(=O)NCC(=O)OC(C)Cc2ccccc2)c1O. The van der Waals surface area contributed by atoms with Gasteiger partial charge >= 0.3 is 5.97 Å². The number of hydrogen-bond acceptors (Lipinski definition) is 7. The molecule has 2 aromatic rings. The molecule has 8 heteroatoms. The summed E-state index contributed by atoms with van der Waals surface area (Å²) in [4.78, 5) is 27.6. The molecular weight excluding hydrogens is 404 g/mol. The third kappa shape index (κ3) is 9.17. The molecule has 0 aliphatic rings. The number of benzene rings is 1. The molecule has 0 bridgehead atoms. The number of methoxy groups -OCH3 is 1. The third-order valence-corrected chi connectivity index (χ3v) is 4.51. The Hall–Kier alpha value is -2.74. The topological polar surface area (TPSA) is 97.8 Å². The number of pyridine rings is 1. The van der Waals surface area contributed by atoms with E-state index in [2.05, 4.69) is 36.8 Å². The molecular formula is C22H30N2O5S. The van der Waals surface area contributed by atoms with Gasteiger partial charge in [-0.05, 0) is 24.2 Å². The second kappa shape index (κ2) is 13.5. The minimum atomic E-state index is -0.691. The normalized spacial score (nSPS) is 11.1. The summed E-state index contributed by atoms with van der Waals surface area (Å²) < 4.78 is 10.2. The molecule has 2 N–H and O–H groups in total. The Labute approximate surface area is 183 Å². The van der Waals surface area contributed by atoms with Crippen LogP contribution in [-0.4, -0.2) is 47.5 Å². The van der Waals surface area contributed by atoms with Crippen LogP contribution in [0.1, 0.15) is 36.8 Å². The molecule has 0 radical (unpaired) electrons. The average molecular weight is 435 g/mol. The van der Waals surface area contributed by atoms with E-state index >= 15 is 0 Å². The highest BCUT2D eigenvalue weighted by Crippen LogP contribution is 2.27. The van der Waals surface area contributed by atoms with Crippen LogP contribution in [0.4, 0.5) is 0 Å². The fourth-order valence-electron chi connectivity index (χ4n) is 2.26. The summed E-state index contributed by atoms with van der Waals surface area (Å²) in [6.07, 6.45) is 1.59. The third-order valence-electron chi connectivity index (χ3n) is 3.78. The Morgan fingerprint density at radius 3 is 2.37 bits per heavy atom. The van der Waals surface area contributed by atoms with E-state index in [4.69, 9.17) is 9.47 Å². The van der Waals surface area contributed by atoms with Gasteiger partial charge in [0, 0.05) is 18.7 Å². The molecule has 0 aliphatic heterocycles. The van der Waals surface area contributed by atoms with Crippen molar-refractivity contribution in [2.45, 2.75) is 33.3 Å². The summed E-state index contributed by atoms with van der Waals surface area (Å²) >= 11 is 4.02. The zero-order chi connectivity index (χ0) is 22.5. The van der Waals surface area contributed by atoms with Gasteiger partial charge in [0.1, 0.15) is 12.6 Å². The van der Waals surface area contributed by atoms with Crippen LogP contribution in [0.3, 0.4) is 0 Å². The largest absolute Gasteiger partial charge is 0.503 e. The van der Waals surface area contributed by atoms with Gasteiger partial charge in [-0.3, -0.25) is 9.59 Å². The molecule has 2 rings (SSSR count). The van der Waals surface area contributed by atoms with E-state index in [9.17, 15) is 14.7 Å². The number of carbonyl (C=O) groups excluding carboxylic acids is 2. The Bertz CT molecular complexity index is 799. The van der Waals surface area contributed by atoms with Crippen LogP contribution < -0.4 is 10.1 Å². The number of nitrogens with zero attached hydrogens (tertiary/aromatic N) is 1. The van der Waals surface area contributed by atoms with Crippen molar-refractivity contribution in [1.29, 1.82) is 0 Å². The van der Waals surface area contributed by atoms with Crippen LogP contribution in [0.2, 0.25) is 0 Å². The fourth-order valence-corrected chi connectivity index (χ4v) is 2.26. The molecule has 0 saturated heterocycles. The monoisotopic (exact) mass is 434 g/mol. The van der Waals surface area contributed by atoms with Gasteiger partial charge in [0.25, 0.3) is 5.91 Å². The number of thiol groups is 1. The first-order chi connectivity index (χ1) is 14.3. The van der Waals surface area contributed by atoms with E-state index < -0.39 is 11.9 Å². The molecule has 1 heterocycles. The molecule has 164 valence electrons. The maximum atomic E-state index is 12.0. The molecule has 7 nitrogen and oxygen atoms in total. The average Bonchev–Trinajstić information content (AvgIpc) is 2.73. The van der Waals surface area contributed by atoms with Crippen LogP contribution in [0.15, 0.2) is 42.6 Å². The van der Waals surface area contributed by atoms with Gasteiger partial charge in [0.15, 0.2) is 17.2 Å². The van der Waals surface area contributed by atoms with Crippen LogP contribution in [0, 0.1) is 5.92 Å². The van der Waals surface area contributed by atoms with Crippen molar-refractivity contribution in [3.05, 3.63) is 53.9 Å². The molecule has 1 atom stereocenters. The molecule has 0 fully saturated rings. The van der Waals surface area contributed by atoms with E-state index in [1.165, 1.54) is 19.4 Å². The summed E-state index contributed by atoms with van der Waals surface area (Å²) in [5, 5.41) is 12.2.